The molecule has 0 saturated carbocycles. The van der Waals surface area contributed by atoms with Gasteiger partial charge in [0.15, 0.2) is 0 Å². The van der Waals surface area contributed by atoms with Gasteiger partial charge in [-0.05, 0) is 36.6 Å². The van der Waals surface area contributed by atoms with Gasteiger partial charge >= 0.3 is 0 Å². The van der Waals surface area contributed by atoms with E-state index in [1.54, 1.807) is 19.2 Å². The van der Waals surface area contributed by atoms with Crippen molar-refractivity contribution in [3.8, 4) is 0 Å². The third-order valence-corrected chi connectivity index (χ3v) is 5.92. The SMILES string of the molecule is CCNCc1ccc(S(=O)(=O)N(C)C(C)C(C)(C)C)cc1. The van der Waals surface area contributed by atoms with E-state index in [4.69, 9.17) is 0 Å². The Balaban J connectivity index is 2.97. The fraction of sp³-hybridized carbons (Fsp3) is 0.625. The number of hydrogen-bond acceptors (Lipinski definition) is 3. The first-order valence-corrected chi connectivity index (χ1v) is 8.82. The Kier molecular flexibility index (Phi) is 5.96. The van der Waals surface area contributed by atoms with Crippen LogP contribution >= 0.6 is 0 Å². The quantitative estimate of drug-likeness (QED) is 0.879. The van der Waals surface area contributed by atoms with Crippen LogP contribution in [0.2, 0.25) is 0 Å². The van der Waals surface area contributed by atoms with Gasteiger partial charge in [0.25, 0.3) is 0 Å². The minimum absolute atomic E-state index is 0.0797. The van der Waals surface area contributed by atoms with E-state index in [2.05, 4.69) is 5.32 Å². The molecule has 0 aliphatic rings. The van der Waals surface area contributed by atoms with Crippen molar-refractivity contribution in [2.75, 3.05) is 13.6 Å². The van der Waals surface area contributed by atoms with Crippen LogP contribution in [-0.2, 0) is 16.6 Å². The molecule has 1 atom stereocenters. The summed E-state index contributed by atoms with van der Waals surface area (Å²) in [6, 6.07) is 7.03. The summed E-state index contributed by atoms with van der Waals surface area (Å²) in [4.78, 5) is 0.348. The van der Waals surface area contributed by atoms with E-state index >= 15 is 0 Å². The molecule has 0 heterocycles. The van der Waals surface area contributed by atoms with Crippen LogP contribution < -0.4 is 5.32 Å². The predicted octanol–water partition coefficient (Wildman–Crippen LogP) is 2.85. The zero-order valence-corrected chi connectivity index (χ0v) is 14.8. The van der Waals surface area contributed by atoms with Gasteiger partial charge < -0.3 is 5.32 Å². The van der Waals surface area contributed by atoms with Crippen molar-refractivity contribution >= 4 is 10.0 Å². The van der Waals surface area contributed by atoms with E-state index in [0.717, 1.165) is 18.7 Å². The highest BCUT2D eigenvalue weighted by atomic mass is 32.2. The Labute approximate surface area is 129 Å². The fourth-order valence-electron chi connectivity index (χ4n) is 1.97. The van der Waals surface area contributed by atoms with E-state index in [1.165, 1.54) is 4.31 Å². The molecule has 0 radical (unpaired) electrons. The molecule has 1 unspecified atom stereocenters. The Hall–Kier alpha value is -0.910. The number of nitrogens with zero attached hydrogens (tertiary/aromatic N) is 1. The number of sulfonamides is 1. The standard InChI is InChI=1S/C16H28N2O2S/c1-7-17-12-14-8-10-15(11-9-14)21(19,20)18(6)13(2)16(3,4)5/h8-11,13,17H,7,12H2,1-6H3. The molecule has 5 heteroatoms. The lowest BCUT2D eigenvalue weighted by Crippen LogP contribution is -2.42. The van der Waals surface area contributed by atoms with Crippen LogP contribution in [-0.4, -0.2) is 32.4 Å². The molecule has 21 heavy (non-hydrogen) atoms. The molecule has 0 spiro atoms. The molecule has 0 aliphatic carbocycles. The Morgan fingerprint density at radius 2 is 1.71 bits per heavy atom. The number of nitrogens with one attached hydrogen (secondary N) is 1. The number of benzene rings is 1. The van der Waals surface area contributed by atoms with Crippen molar-refractivity contribution in [3.05, 3.63) is 29.8 Å². The molecule has 0 aliphatic heterocycles. The normalized spacial score (nSPS) is 14.4. The summed E-state index contributed by atoms with van der Waals surface area (Å²) in [6.45, 7) is 11.8. The third kappa shape index (κ3) is 4.53. The summed E-state index contributed by atoms with van der Waals surface area (Å²) in [5.74, 6) is 0. The minimum atomic E-state index is -3.45. The van der Waals surface area contributed by atoms with Crippen LogP contribution in [0.1, 0.15) is 40.2 Å². The molecule has 1 aromatic rings. The second-order valence-electron chi connectivity index (χ2n) is 6.49. The Morgan fingerprint density at radius 1 is 1.19 bits per heavy atom. The molecular formula is C16H28N2O2S. The lowest BCUT2D eigenvalue weighted by molar-refractivity contribution is 0.216. The largest absolute Gasteiger partial charge is 0.313 e. The zero-order chi connectivity index (χ0) is 16.3. The smallest absolute Gasteiger partial charge is 0.243 e. The van der Waals surface area contributed by atoms with E-state index in [0.29, 0.717) is 4.90 Å². The summed E-state index contributed by atoms with van der Waals surface area (Å²) in [5, 5.41) is 3.22. The van der Waals surface area contributed by atoms with Gasteiger partial charge in [-0.15, -0.1) is 0 Å². The van der Waals surface area contributed by atoms with E-state index in [-0.39, 0.29) is 11.5 Å². The van der Waals surface area contributed by atoms with Gasteiger partial charge in [-0.25, -0.2) is 8.42 Å². The second-order valence-corrected chi connectivity index (χ2v) is 8.49. The minimum Gasteiger partial charge on any atom is -0.313 e. The van der Waals surface area contributed by atoms with Crippen LogP contribution in [0.4, 0.5) is 0 Å². The first kappa shape index (κ1) is 18.1. The highest BCUT2D eigenvalue weighted by molar-refractivity contribution is 7.89. The maximum Gasteiger partial charge on any atom is 0.243 e. The first-order chi connectivity index (χ1) is 9.60. The van der Waals surface area contributed by atoms with Crippen molar-refractivity contribution in [1.82, 2.24) is 9.62 Å². The lowest BCUT2D eigenvalue weighted by Gasteiger charge is -2.34. The van der Waals surface area contributed by atoms with Crippen molar-refractivity contribution < 1.29 is 8.42 Å². The molecule has 1 aromatic carbocycles. The summed E-state index contributed by atoms with van der Waals surface area (Å²) in [6.07, 6.45) is 0. The van der Waals surface area contributed by atoms with Gasteiger partial charge in [-0.1, -0.05) is 39.8 Å². The van der Waals surface area contributed by atoms with Crippen LogP contribution in [0.3, 0.4) is 0 Å². The summed E-state index contributed by atoms with van der Waals surface area (Å²) >= 11 is 0. The van der Waals surface area contributed by atoms with E-state index in [9.17, 15) is 8.42 Å². The summed E-state index contributed by atoms with van der Waals surface area (Å²) in [5.41, 5.74) is 0.981. The van der Waals surface area contributed by atoms with Crippen molar-refractivity contribution in [2.24, 2.45) is 5.41 Å². The molecule has 120 valence electrons. The van der Waals surface area contributed by atoms with Crippen LogP contribution in [0.15, 0.2) is 29.2 Å². The molecule has 0 amide bonds. The third-order valence-electron chi connectivity index (χ3n) is 3.98. The van der Waals surface area contributed by atoms with Gasteiger partial charge in [-0.3, -0.25) is 0 Å². The van der Waals surface area contributed by atoms with Gasteiger partial charge in [0, 0.05) is 19.6 Å². The summed E-state index contributed by atoms with van der Waals surface area (Å²) in [7, 11) is -1.80. The number of rotatable bonds is 6. The average Bonchev–Trinajstić information content (AvgIpc) is 2.42. The van der Waals surface area contributed by atoms with Crippen molar-refractivity contribution in [3.63, 3.8) is 0 Å². The number of hydrogen-bond donors (Lipinski definition) is 1. The summed E-state index contributed by atoms with van der Waals surface area (Å²) < 4.78 is 26.8. The zero-order valence-electron chi connectivity index (χ0n) is 14.0. The van der Waals surface area contributed by atoms with Gasteiger partial charge in [0.1, 0.15) is 0 Å². The molecule has 0 aromatic heterocycles. The van der Waals surface area contributed by atoms with Crippen LogP contribution in [0, 0.1) is 5.41 Å². The van der Waals surface area contributed by atoms with Crippen LogP contribution in [0.25, 0.3) is 0 Å². The molecule has 1 N–H and O–H groups in total. The molecule has 0 fully saturated rings. The maximum atomic E-state index is 12.7. The topological polar surface area (TPSA) is 49.4 Å². The van der Waals surface area contributed by atoms with E-state index in [1.807, 2.05) is 46.8 Å². The second kappa shape index (κ2) is 6.90. The predicted molar refractivity (Wildman–Crippen MR) is 87.7 cm³/mol. The van der Waals surface area contributed by atoms with Crippen LogP contribution in [0.5, 0.6) is 0 Å². The molecule has 0 bridgehead atoms. The fourth-order valence-corrected chi connectivity index (χ4v) is 3.51. The first-order valence-electron chi connectivity index (χ1n) is 7.38. The van der Waals surface area contributed by atoms with Gasteiger partial charge in [0.05, 0.1) is 4.90 Å². The highest BCUT2D eigenvalue weighted by Gasteiger charge is 2.32. The average molecular weight is 312 g/mol. The van der Waals surface area contributed by atoms with Crippen molar-refractivity contribution in [2.45, 2.75) is 52.1 Å². The molecule has 4 nitrogen and oxygen atoms in total. The van der Waals surface area contributed by atoms with Crippen molar-refractivity contribution in [1.29, 1.82) is 0 Å². The molecule has 1 rings (SSSR count). The molecule has 0 saturated heterocycles. The monoisotopic (exact) mass is 312 g/mol. The Bertz CT molecular complexity index is 545. The lowest BCUT2D eigenvalue weighted by atomic mass is 9.88. The maximum absolute atomic E-state index is 12.7. The highest BCUT2D eigenvalue weighted by Crippen LogP contribution is 2.27. The van der Waals surface area contributed by atoms with Gasteiger partial charge in [0.2, 0.25) is 10.0 Å². The Morgan fingerprint density at radius 3 is 2.14 bits per heavy atom. The van der Waals surface area contributed by atoms with E-state index < -0.39 is 10.0 Å². The van der Waals surface area contributed by atoms with Gasteiger partial charge in [-0.2, -0.15) is 4.31 Å². The molecular weight excluding hydrogens is 284 g/mol.